The Balaban J connectivity index is 1.89. The average molecular weight is 312 g/mol. The Bertz CT molecular complexity index is 395. The number of esters is 1. The molecule has 1 atom stereocenters. The number of rotatable bonds is 12. The lowest BCUT2D eigenvalue weighted by Gasteiger charge is -2.05. The first-order chi connectivity index (χ1) is 10.7. The van der Waals surface area contributed by atoms with Crippen molar-refractivity contribution in [2.45, 2.75) is 57.5 Å². The van der Waals surface area contributed by atoms with Crippen molar-refractivity contribution >= 4 is 5.97 Å². The van der Waals surface area contributed by atoms with E-state index < -0.39 is 12.8 Å². The molecule has 0 aliphatic rings. The number of hydrogen-bond acceptors (Lipinski definition) is 2. The van der Waals surface area contributed by atoms with E-state index in [1.165, 1.54) is 0 Å². The number of halogens is 2. The molecule has 4 heteroatoms. The molecule has 0 aromatic heterocycles. The van der Waals surface area contributed by atoms with E-state index in [0.717, 1.165) is 44.9 Å². The number of carbonyl (C=O) groups is 1. The molecule has 124 valence electrons. The smallest absolute Gasteiger partial charge is 0.338 e. The molecular weight excluding hydrogens is 286 g/mol. The van der Waals surface area contributed by atoms with Crippen molar-refractivity contribution < 1.29 is 18.3 Å². The first-order valence-corrected chi connectivity index (χ1v) is 8.16. The third-order valence-electron chi connectivity index (χ3n) is 3.57. The van der Waals surface area contributed by atoms with Gasteiger partial charge < -0.3 is 4.74 Å². The Hall–Kier alpha value is -1.45. The van der Waals surface area contributed by atoms with Gasteiger partial charge in [0.25, 0.3) is 0 Å². The molecule has 0 amide bonds. The van der Waals surface area contributed by atoms with E-state index in [2.05, 4.69) is 0 Å². The number of unbranched alkanes of at least 4 members (excludes halogenated alkanes) is 6. The van der Waals surface area contributed by atoms with Gasteiger partial charge in [-0.1, -0.05) is 56.7 Å². The maximum absolute atomic E-state index is 12.6. The van der Waals surface area contributed by atoms with Gasteiger partial charge in [-0.25, -0.2) is 13.6 Å². The van der Waals surface area contributed by atoms with Crippen LogP contribution in [0.25, 0.3) is 0 Å². The Labute approximate surface area is 131 Å². The van der Waals surface area contributed by atoms with Gasteiger partial charge in [-0.3, -0.25) is 0 Å². The van der Waals surface area contributed by atoms with Crippen molar-refractivity contribution in [2.75, 3.05) is 13.3 Å². The third kappa shape index (κ3) is 8.75. The van der Waals surface area contributed by atoms with Crippen LogP contribution in [0.1, 0.15) is 61.7 Å². The van der Waals surface area contributed by atoms with Crippen molar-refractivity contribution in [3.05, 3.63) is 35.9 Å². The summed E-state index contributed by atoms with van der Waals surface area (Å²) >= 11 is 0. The molecule has 0 bridgehead atoms. The Morgan fingerprint density at radius 3 is 2.18 bits per heavy atom. The zero-order valence-electron chi connectivity index (χ0n) is 13.1. The minimum Gasteiger partial charge on any atom is -0.462 e. The van der Waals surface area contributed by atoms with Gasteiger partial charge in [0.2, 0.25) is 0 Å². The van der Waals surface area contributed by atoms with Crippen LogP contribution in [-0.4, -0.2) is 25.4 Å². The van der Waals surface area contributed by atoms with E-state index >= 15 is 0 Å². The van der Waals surface area contributed by atoms with Gasteiger partial charge >= 0.3 is 5.97 Å². The SMILES string of the molecule is O=C(OCCCCCCCCC[C@H](F)CF)c1ccccc1. The summed E-state index contributed by atoms with van der Waals surface area (Å²) in [6.07, 6.45) is 5.92. The van der Waals surface area contributed by atoms with E-state index in [0.29, 0.717) is 18.6 Å². The first kappa shape index (κ1) is 18.6. The van der Waals surface area contributed by atoms with Crippen LogP contribution in [0.4, 0.5) is 8.78 Å². The van der Waals surface area contributed by atoms with Gasteiger partial charge in [-0.2, -0.15) is 0 Å². The Morgan fingerprint density at radius 1 is 0.955 bits per heavy atom. The number of benzene rings is 1. The molecular formula is C18H26F2O2. The van der Waals surface area contributed by atoms with Crippen LogP contribution in [0.2, 0.25) is 0 Å². The zero-order valence-corrected chi connectivity index (χ0v) is 13.1. The largest absolute Gasteiger partial charge is 0.462 e. The van der Waals surface area contributed by atoms with Crippen LogP contribution < -0.4 is 0 Å². The molecule has 1 rings (SSSR count). The molecule has 2 nitrogen and oxygen atoms in total. The van der Waals surface area contributed by atoms with Gasteiger partial charge in [0.05, 0.1) is 12.2 Å². The summed E-state index contributed by atoms with van der Waals surface area (Å²) in [7, 11) is 0. The van der Waals surface area contributed by atoms with Gasteiger partial charge in [0.15, 0.2) is 0 Å². The highest BCUT2D eigenvalue weighted by Crippen LogP contribution is 2.11. The standard InChI is InChI=1S/C18H26F2O2/c19-15-17(20)13-9-4-2-1-3-5-10-14-22-18(21)16-11-7-6-8-12-16/h6-8,11-12,17H,1-5,9-10,13-15H2/t17-/m0/s1. The molecule has 1 aromatic rings. The van der Waals surface area contributed by atoms with Gasteiger partial charge in [0.1, 0.15) is 12.8 Å². The molecule has 0 aliphatic carbocycles. The minimum absolute atomic E-state index is 0.269. The lowest BCUT2D eigenvalue weighted by atomic mass is 10.1. The van der Waals surface area contributed by atoms with Crippen LogP contribution in [0, 0.1) is 0 Å². The van der Waals surface area contributed by atoms with Crippen molar-refractivity contribution in [3.63, 3.8) is 0 Å². The summed E-state index contributed by atoms with van der Waals surface area (Å²) < 4.78 is 29.7. The lowest BCUT2D eigenvalue weighted by Crippen LogP contribution is -2.06. The predicted molar refractivity (Wildman–Crippen MR) is 84.5 cm³/mol. The summed E-state index contributed by atoms with van der Waals surface area (Å²) in [5.74, 6) is -0.269. The maximum atomic E-state index is 12.6. The highest BCUT2D eigenvalue weighted by atomic mass is 19.2. The van der Waals surface area contributed by atoms with Crippen LogP contribution in [0.3, 0.4) is 0 Å². The van der Waals surface area contributed by atoms with Crippen LogP contribution in [-0.2, 0) is 4.74 Å². The molecule has 0 aliphatic heterocycles. The number of hydrogen-bond donors (Lipinski definition) is 0. The molecule has 0 heterocycles. The molecule has 0 saturated carbocycles. The highest BCUT2D eigenvalue weighted by molar-refractivity contribution is 5.89. The molecule has 0 saturated heterocycles. The molecule has 0 fully saturated rings. The fourth-order valence-electron chi connectivity index (χ4n) is 2.25. The molecule has 22 heavy (non-hydrogen) atoms. The predicted octanol–water partition coefficient (Wildman–Crippen LogP) is 5.27. The summed E-state index contributed by atoms with van der Waals surface area (Å²) in [5.41, 5.74) is 0.585. The van der Waals surface area contributed by atoms with E-state index in [9.17, 15) is 13.6 Å². The molecule has 0 spiro atoms. The molecule has 1 aromatic carbocycles. The van der Waals surface area contributed by atoms with Crippen LogP contribution in [0.5, 0.6) is 0 Å². The third-order valence-corrected chi connectivity index (χ3v) is 3.57. The van der Waals surface area contributed by atoms with Crippen molar-refractivity contribution in [1.82, 2.24) is 0 Å². The number of alkyl halides is 2. The fourth-order valence-corrected chi connectivity index (χ4v) is 2.25. The topological polar surface area (TPSA) is 26.3 Å². The fraction of sp³-hybridized carbons (Fsp3) is 0.611. The Morgan fingerprint density at radius 2 is 1.55 bits per heavy atom. The number of carbonyl (C=O) groups excluding carboxylic acids is 1. The second kappa shape index (κ2) is 12.1. The summed E-state index contributed by atoms with van der Waals surface area (Å²) in [6.45, 7) is -0.407. The molecule has 0 unspecified atom stereocenters. The average Bonchev–Trinajstić information content (AvgIpc) is 2.56. The highest BCUT2D eigenvalue weighted by Gasteiger charge is 2.05. The minimum atomic E-state index is -1.28. The molecule has 0 radical (unpaired) electrons. The zero-order chi connectivity index (χ0) is 16.0. The lowest BCUT2D eigenvalue weighted by molar-refractivity contribution is 0.0497. The number of ether oxygens (including phenoxy) is 1. The maximum Gasteiger partial charge on any atom is 0.338 e. The van der Waals surface area contributed by atoms with Gasteiger partial charge in [-0.15, -0.1) is 0 Å². The summed E-state index contributed by atoms with van der Waals surface area (Å²) in [4.78, 5) is 11.7. The summed E-state index contributed by atoms with van der Waals surface area (Å²) in [6, 6.07) is 8.98. The second-order valence-electron chi connectivity index (χ2n) is 5.52. The Kier molecular flexibility index (Phi) is 10.3. The van der Waals surface area contributed by atoms with Crippen molar-refractivity contribution in [2.24, 2.45) is 0 Å². The van der Waals surface area contributed by atoms with Crippen molar-refractivity contribution in [3.8, 4) is 0 Å². The van der Waals surface area contributed by atoms with Crippen LogP contribution >= 0.6 is 0 Å². The monoisotopic (exact) mass is 312 g/mol. The summed E-state index contributed by atoms with van der Waals surface area (Å²) in [5, 5.41) is 0. The van der Waals surface area contributed by atoms with E-state index in [1.807, 2.05) is 18.2 Å². The first-order valence-electron chi connectivity index (χ1n) is 8.16. The molecule has 0 N–H and O–H groups in total. The van der Waals surface area contributed by atoms with Gasteiger partial charge in [-0.05, 0) is 25.0 Å². The van der Waals surface area contributed by atoms with E-state index in [4.69, 9.17) is 4.74 Å². The van der Waals surface area contributed by atoms with Gasteiger partial charge in [0, 0.05) is 0 Å². The quantitative estimate of drug-likeness (QED) is 0.388. The van der Waals surface area contributed by atoms with E-state index in [1.54, 1.807) is 12.1 Å². The van der Waals surface area contributed by atoms with Crippen molar-refractivity contribution in [1.29, 1.82) is 0 Å². The van der Waals surface area contributed by atoms with Crippen LogP contribution in [0.15, 0.2) is 30.3 Å². The second-order valence-corrected chi connectivity index (χ2v) is 5.52. The normalized spacial score (nSPS) is 12.1. The van der Waals surface area contributed by atoms with E-state index in [-0.39, 0.29) is 5.97 Å².